The summed E-state index contributed by atoms with van der Waals surface area (Å²) in [5.41, 5.74) is 2.63. The van der Waals surface area contributed by atoms with Crippen molar-refractivity contribution in [3.63, 3.8) is 0 Å². The highest BCUT2D eigenvalue weighted by Gasteiger charge is 2.11. The molecule has 0 radical (unpaired) electrons. The average Bonchev–Trinajstić information content (AvgIpc) is 3.27. The van der Waals surface area contributed by atoms with Gasteiger partial charge in [0.15, 0.2) is 17.5 Å². The van der Waals surface area contributed by atoms with Crippen LogP contribution >= 0.6 is 11.3 Å². The fraction of sp³-hybridized carbons (Fsp3) is 0.0435. The standard InChI is InChI=1S/C23H17N3O3S/c27-21(26-23-25-20(15-30-23)19-8-4-5-13-24-19)14-29-18-11-9-17(10-12-18)22(28)16-6-2-1-3-7-16/h1-13,15H,14H2,(H,25,26,27). The van der Waals surface area contributed by atoms with E-state index >= 15 is 0 Å². The fourth-order valence-corrected chi connectivity index (χ4v) is 3.45. The van der Waals surface area contributed by atoms with E-state index in [4.69, 9.17) is 4.74 Å². The van der Waals surface area contributed by atoms with E-state index in [1.54, 1.807) is 42.6 Å². The van der Waals surface area contributed by atoms with E-state index in [9.17, 15) is 9.59 Å². The van der Waals surface area contributed by atoms with Crippen LogP contribution in [-0.4, -0.2) is 28.3 Å². The third-order valence-corrected chi connectivity index (χ3v) is 4.96. The largest absolute Gasteiger partial charge is 0.484 e. The Morgan fingerprint density at radius 1 is 0.867 bits per heavy atom. The van der Waals surface area contributed by atoms with Crippen molar-refractivity contribution in [2.45, 2.75) is 0 Å². The minimum atomic E-state index is -0.318. The highest BCUT2D eigenvalue weighted by Crippen LogP contribution is 2.23. The first-order valence-corrected chi connectivity index (χ1v) is 10.1. The Morgan fingerprint density at radius 3 is 2.33 bits per heavy atom. The molecule has 0 aliphatic heterocycles. The zero-order chi connectivity index (χ0) is 20.8. The zero-order valence-corrected chi connectivity index (χ0v) is 16.6. The second-order valence-electron chi connectivity index (χ2n) is 6.31. The molecule has 148 valence electrons. The molecular weight excluding hydrogens is 398 g/mol. The molecule has 0 unspecified atom stereocenters. The molecule has 0 aliphatic rings. The summed E-state index contributed by atoms with van der Waals surface area (Å²) in [5.74, 6) is 0.122. The van der Waals surface area contributed by atoms with Gasteiger partial charge in [-0.15, -0.1) is 11.3 Å². The van der Waals surface area contributed by atoms with Crippen LogP contribution in [0.1, 0.15) is 15.9 Å². The van der Waals surface area contributed by atoms with E-state index in [0.29, 0.717) is 27.7 Å². The van der Waals surface area contributed by atoms with E-state index in [0.717, 1.165) is 5.69 Å². The number of hydrogen-bond donors (Lipinski definition) is 1. The Balaban J connectivity index is 1.31. The lowest BCUT2D eigenvalue weighted by atomic mass is 10.0. The van der Waals surface area contributed by atoms with E-state index < -0.39 is 0 Å². The van der Waals surface area contributed by atoms with Crippen molar-refractivity contribution < 1.29 is 14.3 Å². The smallest absolute Gasteiger partial charge is 0.264 e. The number of anilines is 1. The number of aromatic nitrogens is 2. The lowest BCUT2D eigenvalue weighted by Crippen LogP contribution is -2.20. The number of hydrogen-bond acceptors (Lipinski definition) is 6. The summed E-state index contributed by atoms with van der Waals surface area (Å²) in [6, 6.07) is 21.3. The number of carbonyl (C=O) groups is 2. The highest BCUT2D eigenvalue weighted by molar-refractivity contribution is 7.14. The van der Waals surface area contributed by atoms with Crippen LogP contribution in [0.15, 0.2) is 84.4 Å². The minimum absolute atomic E-state index is 0.0626. The van der Waals surface area contributed by atoms with Gasteiger partial charge in [-0.1, -0.05) is 36.4 Å². The van der Waals surface area contributed by atoms with Crippen LogP contribution in [0.5, 0.6) is 5.75 Å². The van der Waals surface area contributed by atoms with Gasteiger partial charge >= 0.3 is 0 Å². The van der Waals surface area contributed by atoms with Gasteiger partial charge < -0.3 is 4.74 Å². The normalized spacial score (nSPS) is 10.4. The maximum Gasteiger partial charge on any atom is 0.264 e. The van der Waals surface area contributed by atoms with Gasteiger partial charge in [-0.05, 0) is 36.4 Å². The van der Waals surface area contributed by atoms with Crippen LogP contribution < -0.4 is 10.1 Å². The number of ether oxygens (including phenoxy) is 1. The zero-order valence-electron chi connectivity index (χ0n) is 15.8. The summed E-state index contributed by atoms with van der Waals surface area (Å²) in [6.45, 7) is -0.162. The molecule has 6 nitrogen and oxygen atoms in total. The molecule has 1 N–H and O–H groups in total. The monoisotopic (exact) mass is 415 g/mol. The van der Waals surface area contributed by atoms with Crippen LogP contribution in [-0.2, 0) is 4.79 Å². The first kappa shape index (κ1) is 19.5. The van der Waals surface area contributed by atoms with Gasteiger partial charge in [-0.25, -0.2) is 4.98 Å². The molecule has 7 heteroatoms. The highest BCUT2D eigenvalue weighted by atomic mass is 32.1. The third-order valence-electron chi connectivity index (χ3n) is 4.20. The molecule has 0 saturated heterocycles. The van der Waals surface area contributed by atoms with Crippen molar-refractivity contribution in [3.8, 4) is 17.1 Å². The Hall–Kier alpha value is -3.84. The quantitative estimate of drug-likeness (QED) is 0.451. The van der Waals surface area contributed by atoms with Gasteiger partial charge in [0.25, 0.3) is 5.91 Å². The lowest BCUT2D eigenvalue weighted by molar-refractivity contribution is -0.118. The average molecular weight is 415 g/mol. The number of ketones is 1. The van der Waals surface area contributed by atoms with Gasteiger partial charge in [-0.2, -0.15) is 0 Å². The SMILES string of the molecule is O=C(COc1ccc(C(=O)c2ccccc2)cc1)Nc1nc(-c2ccccn2)cs1. The summed E-state index contributed by atoms with van der Waals surface area (Å²) in [4.78, 5) is 33.2. The number of benzene rings is 2. The maximum absolute atomic E-state index is 12.4. The van der Waals surface area contributed by atoms with E-state index in [2.05, 4.69) is 15.3 Å². The summed E-state index contributed by atoms with van der Waals surface area (Å²) in [6.07, 6.45) is 1.69. The second-order valence-corrected chi connectivity index (χ2v) is 7.17. The molecule has 0 spiro atoms. The van der Waals surface area contributed by atoms with Gasteiger partial charge in [-0.3, -0.25) is 19.9 Å². The van der Waals surface area contributed by atoms with Crippen molar-refractivity contribution in [2.75, 3.05) is 11.9 Å². The van der Waals surface area contributed by atoms with Gasteiger partial charge in [0, 0.05) is 22.7 Å². The fourth-order valence-electron chi connectivity index (χ4n) is 2.73. The van der Waals surface area contributed by atoms with Crippen molar-refractivity contribution in [3.05, 3.63) is 95.5 Å². The van der Waals surface area contributed by atoms with Gasteiger partial charge in [0.2, 0.25) is 0 Å². The number of pyridine rings is 1. The van der Waals surface area contributed by atoms with Crippen molar-refractivity contribution in [2.24, 2.45) is 0 Å². The molecule has 0 bridgehead atoms. The minimum Gasteiger partial charge on any atom is -0.484 e. The second kappa shape index (κ2) is 9.11. The molecule has 1 amide bonds. The van der Waals surface area contributed by atoms with Crippen LogP contribution in [0, 0.1) is 0 Å². The molecule has 2 heterocycles. The molecule has 0 atom stereocenters. The topological polar surface area (TPSA) is 81.2 Å². The number of amides is 1. The number of nitrogens with one attached hydrogen (secondary N) is 1. The van der Waals surface area contributed by atoms with Crippen molar-refractivity contribution in [1.82, 2.24) is 9.97 Å². The molecule has 2 aromatic carbocycles. The van der Waals surface area contributed by atoms with Crippen molar-refractivity contribution >= 4 is 28.2 Å². The number of rotatable bonds is 7. The number of carbonyl (C=O) groups excluding carboxylic acids is 2. The third kappa shape index (κ3) is 4.76. The Bertz CT molecular complexity index is 1140. The molecular formula is C23H17N3O3S. The number of nitrogens with zero attached hydrogens (tertiary/aromatic N) is 2. The lowest BCUT2D eigenvalue weighted by Gasteiger charge is -2.07. The Labute approximate surface area is 177 Å². The molecule has 4 aromatic rings. The maximum atomic E-state index is 12.4. The van der Waals surface area contributed by atoms with Crippen LogP contribution in [0.4, 0.5) is 5.13 Å². The molecule has 30 heavy (non-hydrogen) atoms. The summed E-state index contributed by atoms with van der Waals surface area (Å²) in [5, 5.41) is 5.03. The molecule has 0 saturated carbocycles. The Morgan fingerprint density at radius 2 is 1.60 bits per heavy atom. The van der Waals surface area contributed by atoms with Crippen LogP contribution in [0.3, 0.4) is 0 Å². The first-order chi connectivity index (χ1) is 14.7. The molecule has 4 rings (SSSR count). The van der Waals surface area contributed by atoms with E-state index in [-0.39, 0.29) is 18.3 Å². The number of thiazole rings is 1. The Kier molecular flexibility index (Phi) is 5.91. The summed E-state index contributed by atoms with van der Waals surface area (Å²) in [7, 11) is 0. The molecule has 2 aromatic heterocycles. The predicted octanol–water partition coefficient (Wildman–Crippen LogP) is 4.45. The van der Waals surface area contributed by atoms with E-state index in [1.165, 1.54) is 11.3 Å². The summed E-state index contributed by atoms with van der Waals surface area (Å²) >= 11 is 1.32. The first-order valence-electron chi connectivity index (χ1n) is 9.18. The summed E-state index contributed by atoms with van der Waals surface area (Å²) < 4.78 is 5.51. The van der Waals surface area contributed by atoms with Crippen LogP contribution in [0.2, 0.25) is 0 Å². The molecule has 0 fully saturated rings. The van der Waals surface area contributed by atoms with E-state index in [1.807, 2.05) is 41.8 Å². The van der Waals surface area contributed by atoms with Crippen molar-refractivity contribution in [1.29, 1.82) is 0 Å². The predicted molar refractivity (Wildman–Crippen MR) is 116 cm³/mol. The van der Waals surface area contributed by atoms with Gasteiger partial charge in [0.05, 0.1) is 5.69 Å². The van der Waals surface area contributed by atoms with Gasteiger partial charge in [0.1, 0.15) is 11.4 Å². The van der Waals surface area contributed by atoms with Crippen LogP contribution in [0.25, 0.3) is 11.4 Å². The molecule has 0 aliphatic carbocycles.